The molecule has 2 unspecified atom stereocenters. The van der Waals surface area contributed by atoms with E-state index in [0.29, 0.717) is 6.42 Å². The van der Waals surface area contributed by atoms with Crippen LogP contribution >= 0.6 is 15.9 Å². The fourth-order valence-corrected chi connectivity index (χ4v) is 2.76. The van der Waals surface area contributed by atoms with Gasteiger partial charge in [0.05, 0.1) is 6.10 Å². The number of rotatable bonds is 5. The van der Waals surface area contributed by atoms with Gasteiger partial charge in [-0.25, -0.2) is 4.79 Å². The van der Waals surface area contributed by atoms with Crippen molar-refractivity contribution in [2.75, 3.05) is 13.6 Å². The highest BCUT2D eigenvalue weighted by molar-refractivity contribution is 9.10. The second-order valence-electron chi connectivity index (χ2n) is 4.95. The lowest BCUT2D eigenvalue weighted by molar-refractivity contribution is -0.149. The van der Waals surface area contributed by atoms with Crippen LogP contribution in [0.3, 0.4) is 0 Å². The summed E-state index contributed by atoms with van der Waals surface area (Å²) in [4.78, 5) is 13.0. The molecule has 0 spiro atoms. The molecule has 5 heteroatoms. The monoisotopic (exact) mass is 327 g/mol. The largest absolute Gasteiger partial charge is 0.479 e. The van der Waals surface area contributed by atoms with E-state index in [2.05, 4.69) is 26.9 Å². The van der Waals surface area contributed by atoms with Crippen molar-refractivity contribution < 1.29 is 14.6 Å². The van der Waals surface area contributed by atoms with Crippen molar-refractivity contribution in [3.05, 3.63) is 34.3 Å². The molecule has 0 radical (unpaired) electrons. The lowest BCUT2D eigenvalue weighted by atomic mass is 10.1. The first-order valence-electron chi connectivity index (χ1n) is 6.36. The summed E-state index contributed by atoms with van der Waals surface area (Å²) in [6, 6.07) is 8.11. The number of aliphatic carboxylic acids is 1. The van der Waals surface area contributed by atoms with E-state index in [4.69, 9.17) is 9.84 Å². The van der Waals surface area contributed by atoms with Crippen molar-refractivity contribution >= 4 is 21.9 Å². The molecule has 1 aliphatic heterocycles. The number of carboxylic acids is 1. The number of ether oxygens (including phenoxy) is 1. The minimum Gasteiger partial charge on any atom is -0.479 e. The molecule has 1 saturated heterocycles. The Hall–Kier alpha value is -0.910. The quantitative estimate of drug-likeness (QED) is 0.902. The van der Waals surface area contributed by atoms with Crippen LogP contribution in [0.4, 0.5) is 0 Å². The number of carbonyl (C=O) groups is 1. The highest BCUT2D eigenvalue weighted by Gasteiger charge is 2.30. The van der Waals surface area contributed by atoms with E-state index in [0.717, 1.165) is 24.0 Å². The summed E-state index contributed by atoms with van der Waals surface area (Å²) in [5, 5.41) is 8.89. The van der Waals surface area contributed by atoms with Gasteiger partial charge in [-0.1, -0.05) is 34.1 Å². The van der Waals surface area contributed by atoms with Gasteiger partial charge in [-0.15, -0.1) is 0 Å². The highest BCUT2D eigenvalue weighted by atomic mass is 79.9. The zero-order valence-corrected chi connectivity index (χ0v) is 12.5. The van der Waals surface area contributed by atoms with Crippen molar-refractivity contribution in [1.82, 2.24) is 4.90 Å². The SMILES string of the molecule is CN(Cc1ccccc1Br)CC1CCC(C(=O)O)O1. The summed E-state index contributed by atoms with van der Waals surface area (Å²) in [6.07, 6.45) is 0.829. The van der Waals surface area contributed by atoms with Crippen LogP contribution in [0.25, 0.3) is 0 Å². The molecule has 2 rings (SSSR count). The number of hydrogen-bond donors (Lipinski definition) is 1. The summed E-state index contributed by atoms with van der Waals surface area (Å²) in [5.41, 5.74) is 1.22. The molecule has 0 bridgehead atoms. The molecule has 1 heterocycles. The molecule has 0 aliphatic carbocycles. The van der Waals surface area contributed by atoms with Gasteiger partial charge < -0.3 is 9.84 Å². The molecule has 0 saturated carbocycles. The normalized spacial score (nSPS) is 22.9. The number of nitrogens with zero attached hydrogens (tertiary/aromatic N) is 1. The predicted octanol–water partition coefficient (Wildman–Crippen LogP) is 2.51. The van der Waals surface area contributed by atoms with E-state index in [1.165, 1.54) is 5.56 Å². The molecule has 104 valence electrons. The Labute approximate surface area is 121 Å². The standard InChI is InChI=1S/C14H18BrNO3/c1-16(8-10-4-2-3-5-12(10)15)9-11-6-7-13(19-11)14(17)18/h2-5,11,13H,6-9H2,1H3,(H,17,18). The summed E-state index contributed by atoms with van der Waals surface area (Å²) in [6.45, 7) is 1.57. The molecule has 1 aromatic rings. The van der Waals surface area contributed by atoms with Crippen LogP contribution in [0.5, 0.6) is 0 Å². The average Bonchev–Trinajstić information content (AvgIpc) is 2.80. The molecule has 0 amide bonds. The van der Waals surface area contributed by atoms with Crippen LogP contribution in [-0.2, 0) is 16.1 Å². The van der Waals surface area contributed by atoms with Gasteiger partial charge in [-0.2, -0.15) is 0 Å². The molecule has 0 aromatic heterocycles. The Kier molecular flexibility index (Phi) is 4.96. The first-order chi connectivity index (χ1) is 9.06. The second-order valence-corrected chi connectivity index (χ2v) is 5.80. The van der Waals surface area contributed by atoms with Crippen LogP contribution < -0.4 is 0 Å². The zero-order chi connectivity index (χ0) is 13.8. The minimum absolute atomic E-state index is 0.0218. The Morgan fingerprint density at radius 1 is 1.47 bits per heavy atom. The van der Waals surface area contributed by atoms with Gasteiger partial charge in [0, 0.05) is 17.6 Å². The van der Waals surface area contributed by atoms with E-state index in [1.54, 1.807) is 0 Å². The summed E-state index contributed by atoms with van der Waals surface area (Å²) >= 11 is 3.53. The van der Waals surface area contributed by atoms with Crippen LogP contribution in [-0.4, -0.2) is 41.8 Å². The van der Waals surface area contributed by atoms with Crippen molar-refractivity contribution in [3.8, 4) is 0 Å². The van der Waals surface area contributed by atoms with Crippen LogP contribution in [0.1, 0.15) is 18.4 Å². The molecular weight excluding hydrogens is 310 g/mol. The fourth-order valence-electron chi connectivity index (χ4n) is 2.35. The van der Waals surface area contributed by atoms with Gasteiger partial charge in [-0.3, -0.25) is 4.90 Å². The molecule has 1 N–H and O–H groups in total. The number of likely N-dealkylation sites (N-methyl/N-ethyl adjacent to an activating group) is 1. The average molecular weight is 328 g/mol. The lowest BCUT2D eigenvalue weighted by Gasteiger charge is -2.21. The molecule has 2 atom stereocenters. The lowest BCUT2D eigenvalue weighted by Crippen LogP contribution is -2.30. The van der Waals surface area contributed by atoms with Crippen LogP contribution in [0.15, 0.2) is 28.7 Å². The molecule has 19 heavy (non-hydrogen) atoms. The summed E-state index contributed by atoms with van der Waals surface area (Å²) in [7, 11) is 2.02. The first-order valence-corrected chi connectivity index (χ1v) is 7.16. The van der Waals surface area contributed by atoms with Gasteiger partial charge in [0.1, 0.15) is 0 Å². The van der Waals surface area contributed by atoms with Gasteiger partial charge in [0.2, 0.25) is 0 Å². The molecule has 1 fully saturated rings. The third-order valence-corrected chi connectivity index (χ3v) is 4.07. The van der Waals surface area contributed by atoms with E-state index in [9.17, 15) is 4.79 Å². The smallest absolute Gasteiger partial charge is 0.332 e. The Bertz CT molecular complexity index is 452. The maximum Gasteiger partial charge on any atom is 0.332 e. The summed E-state index contributed by atoms with van der Waals surface area (Å²) < 4.78 is 6.60. The van der Waals surface area contributed by atoms with Crippen molar-refractivity contribution in [3.63, 3.8) is 0 Å². The van der Waals surface area contributed by atoms with Gasteiger partial charge in [-0.05, 0) is 31.5 Å². The topological polar surface area (TPSA) is 49.8 Å². The molecule has 1 aromatic carbocycles. The van der Waals surface area contributed by atoms with E-state index >= 15 is 0 Å². The van der Waals surface area contributed by atoms with E-state index < -0.39 is 12.1 Å². The summed E-state index contributed by atoms with van der Waals surface area (Å²) in [5.74, 6) is -0.851. The number of carboxylic acid groups (broad SMARTS) is 1. The third kappa shape index (κ3) is 4.03. The Morgan fingerprint density at radius 2 is 2.21 bits per heavy atom. The fraction of sp³-hybridized carbons (Fsp3) is 0.500. The zero-order valence-electron chi connectivity index (χ0n) is 10.9. The number of benzene rings is 1. The maximum absolute atomic E-state index is 10.8. The number of halogens is 1. The second kappa shape index (κ2) is 6.50. The number of hydrogen-bond acceptors (Lipinski definition) is 3. The maximum atomic E-state index is 10.8. The van der Waals surface area contributed by atoms with Gasteiger partial charge >= 0.3 is 5.97 Å². The van der Waals surface area contributed by atoms with Crippen molar-refractivity contribution in [2.45, 2.75) is 31.6 Å². The first kappa shape index (κ1) is 14.5. The molecular formula is C14H18BrNO3. The Morgan fingerprint density at radius 3 is 2.84 bits per heavy atom. The van der Waals surface area contributed by atoms with Crippen molar-refractivity contribution in [2.24, 2.45) is 0 Å². The minimum atomic E-state index is -0.851. The van der Waals surface area contributed by atoms with Crippen LogP contribution in [0, 0.1) is 0 Å². The molecule has 1 aliphatic rings. The van der Waals surface area contributed by atoms with Crippen LogP contribution in [0.2, 0.25) is 0 Å². The van der Waals surface area contributed by atoms with E-state index in [1.807, 2.05) is 25.2 Å². The van der Waals surface area contributed by atoms with Gasteiger partial charge in [0.25, 0.3) is 0 Å². The van der Waals surface area contributed by atoms with Crippen molar-refractivity contribution in [1.29, 1.82) is 0 Å². The predicted molar refractivity (Wildman–Crippen MR) is 76.0 cm³/mol. The van der Waals surface area contributed by atoms with E-state index in [-0.39, 0.29) is 6.10 Å². The molecule has 4 nitrogen and oxygen atoms in total. The van der Waals surface area contributed by atoms with Gasteiger partial charge in [0.15, 0.2) is 6.10 Å². The highest BCUT2D eigenvalue weighted by Crippen LogP contribution is 2.22. The third-order valence-electron chi connectivity index (χ3n) is 3.30. The Balaban J connectivity index is 1.84.